The minimum absolute atomic E-state index is 0.00740. The second-order valence-electron chi connectivity index (χ2n) is 11.2. The quantitative estimate of drug-likeness (QED) is 0.219. The van der Waals surface area contributed by atoms with Crippen LogP contribution < -0.4 is 30.2 Å². The van der Waals surface area contributed by atoms with Crippen molar-refractivity contribution in [3.05, 3.63) is 87.2 Å². The molecule has 248 valence electrons. The molecule has 0 aliphatic carbocycles. The average molecular weight is 655 g/mol. The largest absolute Gasteiger partial charge is 0.497 e. The van der Waals surface area contributed by atoms with Crippen molar-refractivity contribution in [2.45, 2.75) is 44.5 Å². The minimum Gasteiger partial charge on any atom is -0.497 e. The first kappa shape index (κ1) is 34.0. The van der Waals surface area contributed by atoms with Crippen molar-refractivity contribution in [2.75, 3.05) is 14.2 Å². The Kier molecular flexibility index (Phi) is 9.82. The van der Waals surface area contributed by atoms with Crippen LogP contribution in [-0.4, -0.2) is 53.7 Å². The fourth-order valence-electron chi connectivity index (χ4n) is 4.63. The van der Waals surface area contributed by atoms with Crippen molar-refractivity contribution in [2.24, 2.45) is 0 Å². The van der Waals surface area contributed by atoms with Gasteiger partial charge in [-0.25, -0.2) is 9.59 Å². The van der Waals surface area contributed by atoms with Gasteiger partial charge in [0.25, 0.3) is 0 Å². The molecule has 1 aliphatic heterocycles. The van der Waals surface area contributed by atoms with Gasteiger partial charge in [0, 0.05) is 12.1 Å². The number of hydrogen-bond acceptors (Lipinski definition) is 10. The van der Waals surface area contributed by atoms with Crippen molar-refractivity contribution in [1.82, 2.24) is 16.0 Å². The van der Waals surface area contributed by atoms with E-state index in [9.17, 15) is 38.8 Å². The first-order chi connectivity index (χ1) is 22.1. The van der Waals surface area contributed by atoms with Crippen LogP contribution in [0.5, 0.6) is 23.0 Å². The monoisotopic (exact) mass is 654 g/mol. The highest BCUT2D eigenvalue weighted by atomic mass is 19.1. The van der Waals surface area contributed by atoms with Crippen molar-refractivity contribution >= 4 is 29.6 Å². The number of carboxylic acids is 1. The molecule has 0 unspecified atom stereocenters. The van der Waals surface area contributed by atoms with Gasteiger partial charge in [-0.05, 0) is 67.8 Å². The number of nitro groups is 1. The summed E-state index contributed by atoms with van der Waals surface area (Å²) in [6.07, 6.45) is -1.01. The summed E-state index contributed by atoms with van der Waals surface area (Å²) < 4.78 is 36.4. The molecule has 0 saturated heterocycles. The van der Waals surface area contributed by atoms with Crippen molar-refractivity contribution in [1.29, 1.82) is 0 Å². The Labute approximate surface area is 267 Å². The highest BCUT2D eigenvalue weighted by molar-refractivity contribution is 5.94. The molecule has 1 heterocycles. The Balaban J connectivity index is 1.96. The molecule has 0 radical (unpaired) electrons. The van der Waals surface area contributed by atoms with Gasteiger partial charge in [0.2, 0.25) is 17.6 Å². The van der Waals surface area contributed by atoms with Crippen LogP contribution >= 0.6 is 0 Å². The molecule has 3 aromatic rings. The van der Waals surface area contributed by atoms with E-state index in [0.29, 0.717) is 0 Å². The lowest BCUT2D eigenvalue weighted by molar-refractivity contribution is -0.387. The first-order valence-electron chi connectivity index (χ1n) is 13.9. The number of hydrogen-bond donors (Lipinski definition) is 4. The first-order valence-corrected chi connectivity index (χ1v) is 13.9. The molecule has 1 aliphatic rings. The SMILES string of the molecule is COc1cc2cc(c1)[C@@H](C(=O)O)NC(=O)[C@@H](c1ccc(F)c([N+](=O)[O-])c1)NC(=O)[C@H](NC(=O)OC(C)(C)C)c1ccc(OC)c(c1)O2. The van der Waals surface area contributed by atoms with Gasteiger partial charge >= 0.3 is 17.7 Å². The molecule has 16 heteroatoms. The molecule has 4 bridgehead atoms. The van der Waals surface area contributed by atoms with Crippen LogP contribution in [0.15, 0.2) is 54.6 Å². The van der Waals surface area contributed by atoms with Gasteiger partial charge in [-0.2, -0.15) is 4.39 Å². The molecular formula is C31H31FN4O11. The Morgan fingerprint density at radius 1 is 0.957 bits per heavy atom. The summed E-state index contributed by atoms with van der Waals surface area (Å²) in [4.78, 5) is 63.6. The van der Waals surface area contributed by atoms with Crippen LogP contribution in [0.3, 0.4) is 0 Å². The van der Waals surface area contributed by atoms with Crippen molar-refractivity contribution in [3.8, 4) is 23.0 Å². The summed E-state index contributed by atoms with van der Waals surface area (Å²) in [6, 6.07) is 5.67. The fraction of sp³-hybridized carbons (Fsp3) is 0.290. The zero-order valence-corrected chi connectivity index (χ0v) is 25.8. The van der Waals surface area contributed by atoms with E-state index in [1.54, 1.807) is 20.8 Å². The van der Waals surface area contributed by atoms with E-state index in [4.69, 9.17) is 18.9 Å². The van der Waals surface area contributed by atoms with Gasteiger partial charge in [0.05, 0.1) is 19.1 Å². The Bertz CT molecular complexity index is 1740. The third kappa shape index (κ3) is 8.02. The fourth-order valence-corrected chi connectivity index (χ4v) is 4.63. The van der Waals surface area contributed by atoms with Gasteiger partial charge < -0.3 is 40.0 Å². The topological polar surface area (TPSA) is 205 Å². The molecule has 3 atom stereocenters. The number of methoxy groups -OCH3 is 2. The van der Waals surface area contributed by atoms with Crippen molar-refractivity contribution in [3.63, 3.8) is 0 Å². The highest BCUT2D eigenvalue weighted by Crippen LogP contribution is 2.37. The number of amides is 3. The normalized spacial score (nSPS) is 18.0. The van der Waals surface area contributed by atoms with E-state index in [2.05, 4.69) is 16.0 Å². The summed E-state index contributed by atoms with van der Waals surface area (Å²) in [7, 11) is 2.69. The van der Waals surface area contributed by atoms with E-state index in [1.165, 1.54) is 50.6 Å². The summed E-state index contributed by atoms with van der Waals surface area (Å²) in [6.45, 7) is 4.80. The standard InChI is InChI=1S/C31H31FN4O11/c1-31(2,3)47-30(41)35-25-16-7-9-22(45-5)23(13-16)46-19-11-17(10-18(14-19)44-4)26(29(39)40)34-27(37)24(33-28(25)38)15-6-8-20(32)21(12-15)36(42)43/h6-14,24-26H,1-5H3,(H,33,38)(H,34,37)(H,35,41)(H,39,40)/t24-,25-,26+/m1/s1. The summed E-state index contributed by atoms with van der Waals surface area (Å²) >= 11 is 0. The number of ether oxygens (including phenoxy) is 4. The Hall–Kier alpha value is -5.93. The summed E-state index contributed by atoms with van der Waals surface area (Å²) in [5.41, 5.74) is -2.12. The number of aliphatic carboxylic acids is 1. The van der Waals surface area contributed by atoms with E-state index < -0.39 is 64.0 Å². The molecule has 4 N–H and O–H groups in total. The zero-order chi connectivity index (χ0) is 34.6. The second kappa shape index (κ2) is 13.6. The lowest BCUT2D eigenvalue weighted by atomic mass is 10.00. The molecule has 3 aromatic carbocycles. The second-order valence-corrected chi connectivity index (χ2v) is 11.2. The molecule has 0 saturated carbocycles. The number of carbonyl (C=O) groups is 4. The van der Waals surface area contributed by atoms with Crippen LogP contribution in [0.25, 0.3) is 0 Å². The number of carboxylic acid groups (broad SMARTS) is 1. The molecule has 47 heavy (non-hydrogen) atoms. The third-order valence-electron chi connectivity index (χ3n) is 6.73. The molecule has 3 amide bonds. The number of fused-ring (bicyclic) bond motifs is 4. The number of rotatable bonds is 6. The predicted molar refractivity (Wildman–Crippen MR) is 161 cm³/mol. The maximum Gasteiger partial charge on any atom is 0.408 e. The zero-order valence-electron chi connectivity index (χ0n) is 25.8. The molecular weight excluding hydrogens is 623 g/mol. The lowest BCUT2D eigenvalue weighted by Gasteiger charge is -2.27. The molecule has 15 nitrogen and oxygen atoms in total. The maximum atomic E-state index is 14.3. The Morgan fingerprint density at radius 3 is 2.28 bits per heavy atom. The molecule has 0 fully saturated rings. The summed E-state index contributed by atoms with van der Waals surface area (Å²) in [5, 5.41) is 28.8. The summed E-state index contributed by atoms with van der Waals surface area (Å²) in [5.74, 6) is -4.45. The number of nitro benzene ring substituents is 1. The number of alkyl carbamates (subject to hydrolysis) is 1. The number of nitrogens with one attached hydrogen (secondary N) is 3. The van der Waals surface area contributed by atoms with Crippen LogP contribution in [0.2, 0.25) is 0 Å². The van der Waals surface area contributed by atoms with E-state index in [-0.39, 0.29) is 39.7 Å². The van der Waals surface area contributed by atoms with Crippen molar-refractivity contribution < 1.29 is 52.5 Å². The number of halogens is 1. The molecule has 4 rings (SSSR count). The molecule has 0 aromatic heterocycles. The maximum absolute atomic E-state index is 14.3. The van der Waals surface area contributed by atoms with Gasteiger partial charge in [-0.1, -0.05) is 12.1 Å². The van der Waals surface area contributed by atoms with Crippen LogP contribution in [0.1, 0.15) is 55.6 Å². The third-order valence-corrected chi connectivity index (χ3v) is 6.73. The smallest absolute Gasteiger partial charge is 0.408 e. The van der Waals surface area contributed by atoms with Crippen LogP contribution in [-0.2, 0) is 19.1 Å². The minimum atomic E-state index is -1.83. The number of benzene rings is 3. The Morgan fingerprint density at radius 2 is 1.66 bits per heavy atom. The van der Waals surface area contributed by atoms with E-state index in [0.717, 1.165) is 18.2 Å². The average Bonchev–Trinajstić information content (AvgIpc) is 2.99. The van der Waals surface area contributed by atoms with E-state index in [1.807, 2.05) is 0 Å². The van der Waals surface area contributed by atoms with E-state index >= 15 is 0 Å². The predicted octanol–water partition coefficient (Wildman–Crippen LogP) is 4.22. The van der Waals surface area contributed by atoms with Gasteiger partial charge in [-0.15, -0.1) is 0 Å². The van der Waals surface area contributed by atoms with Crippen LogP contribution in [0.4, 0.5) is 14.9 Å². The van der Waals surface area contributed by atoms with Gasteiger partial charge in [0.1, 0.15) is 29.2 Å². The number of nitrogens with zero attached hydrogens (tertiary/aromatic N) is 1. The lowest BCUT2D eigenvalue weighted by Crippen LogP contribution is -2.48. The van der Waals surface area contributed by atoms with Gasteiger partial charge in [0.15, 0.2) is 17.5 Å². The highest BCUT2D eigenvalue weighted by Gasteiger charge is 2.35. The van der Waals surface area contributed by atoms with Crippen LogP contribution in [0, 0.1) is 15.9 Å². The van der Waals surface area contributed by atoms with Gasteiger partial charge in [-0.3, -0.25) is 19.7 Å². The molecule has 0 spiro atoms. The number of carbonyl (C=O) groups excluding carboxylic acids is 3.